The summed E-state index contributed by atoms with van der Waals surface area (Å²) in [6.45, 7) is 5.32. The number of fused-ring (bicyclic) bond motifs is 5. The van der Waals surface area contributed by atoms with Crippen LogP contribution in [0.25, 0.3) is 0 Å². The number of halogens is 6. The van der Waals surface area contributed by atoms with Crippen LogP contribution in [-0.2, 0) is 9.59 Å². The molecule has 7 atom stereocenters. The standard InChI is InChI=1S/C34H38F6N2O4/c1-31-16-14-26-24(18-41-28-17-21(43)13-15-32(26,28)2)25(31)11-12-27(31)30(44)42-29(19-3-7-22(8-4-19)45-33(35,36)37)20-5-9-23(10-6-20)46-34(38,39)40/h3-10,24-29,41H,11-18H2,1-2H3,(H,42,44)/t24?,25?,26?,27?,28?,31-,32+/m0/s1. The quantitative estimate of drug-likeness (QED) is 0.317. The van der Waals surface area contributed by atoms with Gasteiger partial charge in [-0.2, -0.15) is 0 Å². The van der Waals surface area contributed by atoms with Crippen molar-refractivity contribution in [3.8, 4) is 11.5 Å². The van der Waals surface area contributed by atoms with Crippen LogP contribution in [0, 0.1) is 34.5 Å². The lowest BCUT2D eigenvalue weighted by atomic mass is 9.48. The molecule has 3 saturated carbocycles. The summed E-state index contributed by atoms with van der Waals surface area (Å²) in [5.41, 5.74) is 0.643. The van der Waals surface area contributed by atoms with E-state index in [1.165, 1.54) is 24.3 Å². The van der Waals surface area contributed by atoms with Crippen molar-refractivity contribution in [3.63, 3.8) is 0 Å². The number of carbonyl (C=O) groups excluding carboxylic acids is 2. The van der Waals surface area contributed by atoms with Crippen LogP contribution in [0.3, 0.4) is 0 Å². The Labute approximate surface area is 263 Å². The highest BCUT2D eigenvalue weighted by Crippen LogP contribution is 2.64. The van der Waals surface area contributed by atoms with E-state index in [9.17, 15) is 35.9 Å². The zero-order valence-corrected chi connectivity index (χ0v) is 25.6. The molecular formula is C34H38F6N2O4. The molecule has 250 valence electrons. The minimum Gasteiger partial charge on any atom is -0.406 e. The Kier molecular flexibility index (Phi) is 8.34. The van der Waals surface area contributed by atoms with Gasteiger partial charge >= 0.3 is 12.7 Å². The number of rotatable bonds is 6. The number of ketones is 1. The number of ether oxygens (including phenoxy) is 2. The van der Waals surface area contributed by atoms with Crippen LogP contribution in [0.1, 0.15) is 76.0 Å². The first kappa shape index (κ1) is 32.7. The third kappa shape index (κ3) is 6.33. The predicted molar refractivity (Wildman–Crippen MR) is 156 cm³/mol. The summed E-state index contributed by atoms with van der Waals surface area (Å²) >= 11 is 0. The van der Waals surface area contributed by atoms with Crippen molar-refractivity contribution in [3.05, 3.63) is 59.7 Å². The van der Waals surface area contributed by atoms with Gasteiger partial charge in [-0.05, 0) is 103 Å². The normalized spacial score (nSPS) is 32.7. The molecule has 3 aliphatic carbocycles. The molecule has 2 N–H and O–H groups in total. The van der Waals surface area contributed by atoms with E-state index in [2.05, 4.69) is 34.0 Å². The molecular weight excluding hydrogens is 614 g/mol. The molecule has 0 radical (unpaired) electrons. The summed E-state index contributed by atoms with van der Waals surface area (Å²) in [7, 11) is 0. The van der Waals surface area contributed by atoms with Crippen LogP contribution in [0.5, 0.6) is 11.5 Å². The number of nitrogens with one attached hydrogen (secondary N) is 2. The van der Waals surface area contributed by atoms with Crippen LogP contribution >= 0.6 is 0 Å². The van der Waals surface area contributed by atoms with E-state index in [0.717, 1.165) is 56.5 Å². The summed E-state index contributed by atoms with van der Waals surface area (Å²) in [5, 5.41) is 6.79. The maximum absolute atomic E-state index is 14.1. The van der Waals surface area contributed by atoms with Crippen molar-refractivity contribution in [2.24, 2.45) is 34.5 Å². The molecule has 4 aliphatic rings. The van der Waals surface area contributed by atoms with Gasteiger partial charge in [0.15, 0.2) is 0 Å². The Bertz CT molecular complexity index is 1390. The van der Waals surface area contributed by atoms with E-state index in [0.29, 0.717) is 53.9 Å². The molecule has 6 rings (SSSR count). The first-order valence-electron chi connectivity index (χ1n) is 15.8. The summed E-state index contributed by atoms with van der Waals surface area (Å²) in [4.78, 5) is 26.4. The molecule has 1 saturated heterocycles. The van der Waals surface area contributed by atoms with Gasteiger partial charge in [0.05, 0.1) is 6.04 Å². The molecule has 0 spiro atoms. The first-order valence-corrected chi connectivity index (χ1v) is 15.8. The molecule has 1 amide bonds. The van der Waals surface area contributed by atoms with Gasteiger partial charge in [-0.15, -0.1) is 26.3 Å². The predicted octanol–water partition coefficient (Wildman–Crippen LogP) is 7.48. The summed E-state index contributed by atoms with van der Waals surface area (Å²) in [6, 6.07) is 9.49. The average molecular weight is 653 g/mol. The van der Waals surface area contributed by atoms with Gasteiger partial charge in [0.25, 0.3) is 0 Å². The number of benzene rings is 2. The lowest BCUT2D eigenvalue weighted by molar-refractivity contribution is -0.275. The smallest absolute Gasteiger partial charge is 0.406 e. The molecule has 46 heavy (non-hydrogen) atoms. The van der Waals surface area contributed by atoms with Crippen molar-refractivity contribution in [1.82, 2.24) is 10.6 Å². The minimum atomic E-state index is -4.88. The highest BCUT2D eigenvalue weighted by atomic mass is 19.4. The van der Waals surface area contributed by atoms with Crippen molar-refractivity contribution < 1.29 is 45.4 Å². The highest BCUT2D eigenvalue weighted by molar-refractivity contribution is 5.81. The number of hydrogen-bond acceptors (Lipinski definition) is 5. The van der Waals surface area contributed by atoms with E-state index in [-0.39, 0.29) is 28.7 Å². The summed E-state index contributed by atoms with van der Waals surface area (Å²) < 4.78 is 84.6. The van der Waals surface area contributed by atoms with E-state index in [1.807, 2.05) is 0 Å². The molecule has 2 aromatic carbocycles. The Morgan fingerprint density at radius 2 is 1.37 bits per heavy atom. The van der Waals surface area contributed by atoms with Crippen molar-refractivity contribution in [1.29, 1.82) is 0 Å². The molecule has 12 heteroatoms. The van der Waals surface area contributed by atoms with Gasteiger partial charge in [0.2, 0.25) is 5.91 Å². The molecule has 4 fully saturated rings. The third-order valence-corrected chi connectivity index (χ3v) is 11.6. The Morgan fingerprint density at radius 1 is 0.826 bits per heavy atom. The van der Waals surface area contributed by atoms with Crippen molar-refractivity contribution >= 4 is 11.7 Å². The Hall–Kier alpha value is -3.28. The molecule has 2 aromatic rings. The number of alkyl halides is 6. The van der Waals surface area contributed by atoms with Crippen LogP contribution < -0.4 is 20.1 Å². The molecule has 0 aromatic heterocycles. The monoisotopic (exact) mass is 652 g/mol. The van der Waals surface area contributed by atoms with Gasteiger partial charge in [-0.25, -0.2) is 0 Å². The van der Waals surface area contributed by atoms with E-state index in [1.54, 1.807) is 0 Å². The summed E-state index contributed by atoms with van der Waals surface area (Å²) in [5.74, 6) is 0.0802. The van der Waals surface area contributed by atoms with Gasteiger partial charge in [-0.1, -0.05) is 38.1 Å². The molecule has 6 nitrogen and oxygen atoms in total. The van der Waals surface area contributed by atoms with Crippen molar-refractivity contribution in [2.75, 3.05) is 6.54 Å². The molecule has 1 heterocycles. The average Bonchev–Trinajstić information content (AvgIpc) is 3.33. The topological polar surface area (TPSA) is 76.7 Å². The van der Waals surface area contributed by atoms with Gasteiger partial charge < -0.3 is 20.1 Å². The second-order valence-corrected chi connectivity index (χ2v) is 13.9. The van der Waals surface area contributed by atoms with Crippen LogP contribution in [-0.4, -0.2) is 37.0 Å². The van der Waals surface area contributed by atoms with Gasteiger partial charge in [0.1, 0.15) is 17.3 Å². The maximum atomic E-state index is 14.1. The Morgan fingerprint density at radius 3 is 1.91 bits per heavy atom. The molecule has 0 bridgehead atoms. The largest absolute Gasteiger partial charge is 0.573 e. The van der Waals surface area contributed by atoms with Gasteiger partial charge in [-0.3, -0.25) is 9.59 Å². The molecule has 1 aliphatic heterocycles. The van der Waals surface area contributed by atoms with E-state index < -0.39 is 30.3 Å². The summed E-state index contributed by atoms with van der Waals surface area (Å²) in [6.07, 6.45) is -4.30. The SMILES string of the molecule is C[C@]12CCC(=O)CC1NCC1C2CC[C@]2(C)C(C(=O)NC(c3ccc(OC(F)(F)F)cc3)c3ccc(OC(F)(F)F)cc3)CCC12. The third-order valence-electron chi connectivity index (χ3n) is 11.6. The van der Waals surface area contributed by atoms with E-state index in [4.69, 9.17) is 0 Å². The highest BCUT2D eigenvalue weighted by Gasteiger charge is 2.61. The van der Waals surface area contributed by atoms with Crippen molar-refractivity contribution in [2.45, 2.75) is 83.6 Å². The fraction of sp³-hybridized carbons (Fsp3) is 0.588. The lowest BCUT2D eigenvalue weighted by Crippen LogP contribution is -2.63. The number of piperidine rings is 1. The van der Waals surface area contributed by atoms with Gasteiger partial charge in [0, 0.05) is 24.8 Å². The lowest BCUT2D eigenvalue weighted by Gasteiger charge is -2.60. The van der Waals surface area contributed by atoms with Crippen LogP contribution in [0.4, 0.5) is 26.3 Å². The van der Waals surface area contributed by atoms with Crippen LogP contribution in [0.2, 0.25) is 0 Å². The number of carbonyl (C=O) groups is 2. The zero-order chi connectivity index (χ0) is 33.1. The number of Topliss-reactive ketones (excluding diaryl/α,β-unsaturated/α-hetero) is 1. The Balaban J connectivity index is 1.23. The van der Waals surface area contributed by atoms with E-state index >= 15 is 0 Å². The second kappa shape index (κ2) is 11.8. The molecule has 5 unspecified atom stereocenters. The number of hydrogen-bond donors (Lipinski definition) is 2. The fourth-order valence-corrected chi connectivity index (χ4v) is 9.32. The fourth-order valence-electron chi connectivity index (χ4n) is 9.32. The second-order valence-electron chi connectivity index (χ2n) is 13.9. The zero-order valence-electron chi connectivity index (χ0n) is 25.6. The maximum Gasteiger partial charge on any atom is 0.573 e. The first-order chi connectivity index (χ1) is 21.6. The number of amides is 1. The van der Waals surface area contributed by atoms with Crippen LogP contribution in [0.15, 0.2) is 48.5 Å². The minimum absolute atomic E-state index is 0.0353.